The van der Waals surface area contributed by atoms with Gasteiger partial charge in [0.1, 0.15) is 15.6 Å². The van der Waals surface area contributed by atoms with Gasteiger partial charge in [0.15, 0.2) is 0 Å². The van der Waals surface area contributed by atoms with Gasteiger partial charge in [-0.3, -0.25) is 9.78 Å². The third-order valence-electron chi connectivity index (χ3n) is 3.98. The van der Waals surface area contributed by atoms with Crippen LogP contribution in [0.5, 0.6) is 5.75 Å². The molecule has 0 unspecified atom stereocenters. The average molecular weight is 384 g/mol. The molecule has 1 aromatic carbocycles. The smallest absolute Gasteiger partial charge is 0.261 e. The van der Waals surface area contributed by atoms with Crippen LogP contribution in [0.1, 0.15) is 15.4 Å². The van der Waals surface area contributed by atoms with Crippen molar-refractivity contribution >= 4 is 50.0 Å². The minimum atomic E-state index is -0.147. The highest BCUT2D eigenvalue weighted by molar-refractivity contribution is 7.20. The van der Waals surface area contributed by atoms with Crippen molar-refractivity contribution in [3.63, 3.8) is 0 Å². The van der Waals surface area contributed by atoms with Crippen LogP contribution in [-0.4, -0.2) is 23.0 Å². The van der Waals surface area contributed by atoms with Crippen LogP contribution in [-0.2, 0) is 6.54 Å². The van der Waals surface area contributed by atoms with E-state index in [2.05, 4.69) is 15.3 Å². The molecule has 0 saturated carbocycles. The summed E-state index contributed by atoms with van der Waals surface area (Å²) >= 11 is 7.69. The maximum atomic E-state index is 12.4. The van der Waals surface area contributed by atoms with Gasteiger partial charge in [-0.2, -0.15) is 0 Å². The molecule has 3 aromatic heterocycles. The summed E-state index contributed by atoms with van der Waals surface area (Å²) in [5.74, 6) is 0.433. The van der Waals surface area contributed by atoms with Crippen molar-refractivity contribution in [2.24, 2.45) is 0 Å². The lowest BCUT2D eigenvalue weighted by molar-refractivity contribution is 0.0954. The molecule has 7 heteroatoms. The van der Waals surface area contributed by atoms with Gasteiger partial charge in [-0.25, -0.2) is 4.98 Å². The van der Waals surface area contributed by atoms with Gasteiger partial charge in [-0.1, -0.05) is 17.7 Å². The van der Waals surface area contributed by atoms with E-state index >= 15 is 0 Å². The topological polar surface area (TPSA) is 64.1 Å². The van der Waals surface area contributed by atoms with Gasteiger partial charge in [0.25, 0.3) is 5.91 Å². The number of pyridine rings is 2. The van der Waals surface area contributed by atoms with Gasteiger partial charge in [0, 0.05) is 17.0 Å². The summed E-state index contributed by atoms with van der Waals surface area (Å²) in [5, 5.41) is 5.17. The highest BCUT2D eigenvalue weighted by atomic mass is 35.5. The lowest BCUT2D eigenvalue weighted by atomic mass is 10.2. The molecule has 4 rings (SSSR count). The summed E-state index contributed by atoms with van der Waals surface area (Å²) in [6.45, 7) is 0.381. The second kappa shape index (κ2) is 6.90. The Morgan fingerprint density at radius 3 is 2.88 bits per heavy atom. The molecular formula is C19H14ClN3O2S. The number of halogens is 1. The monoisotopic (exact) mass is 383 g/mol. The fraction of sp³-hybridized carbons (Fsp3) is 0.105. The van der Waals surface area contributed by atoms with Crippen molar-refractivity contribution in [3.8, 4) is 5.75 Å². The largest absolute Gasteiger partial charge is 0.495 e. The van der Waals surface area contributed by atoms with E-state index in [0.717, 1.165) is 21.3 Å². The quantitative estimate of drug-likeness (QED) is 0.566. The molecular weight excluding hydrogens is 370 g/mol. The van der Waals surface area contributed by atoms with Gasteiger partial charge in [-0.15, -0.1) is 11.3 Å². The molecule has 0 aliphatic rings. The first-order chi connectivity index (χ1) is 12.7. The van der Waals surface area contributed by atoms with Crippen LogP contribution >= 0.6 is 22.9 Å². The average Bonchev–Trinajstić information content (AvgIpc) is 3.09. The molecule has 5 nitrogen and oxygen atoms in total. The maximum absolute atomic E-state index is 12.4. The highest BCUT2D eigenvalue weighted by Crippen LogP contribution is 2.35. The van der Waals surface area contributed by atoms with E-state index < -0.39 is 0 Å². The standard InChI is InChI=1S/C19H14ClN3O2S/c1-25-14-6-5-11-8-12-9-15(26-19(12)23-17(11)16(14)20)18(24)22-10-13-4-2-3-7-21-13/h2-9H,10H2,1H3,(H,22,24). The minimum Gasteiger partial charge on any atom is -0.495 e. The molecule has 0 bridgehead atoms. The third-order valence-corrected chi connectivity index (χ3v) is 5.39. The van der Waals surface area contributed by atoms with Crippen molar-refractivity contribution in [2.75, 3.05) is 7.11 Å². The Morgan fingerprint density at radius 2 is 2.12 bits per heavy atom. The van der Waals surface area contributed by atoms with Crippen LogP contribution in [0, 0.1) is 0 Å². The van der Waals surface area contributed by atoms with Crippen molar-refractivity contribution in [1.29, 1.82) is 0 Å². The Labute approximate surface area is 158 Å². The van der Waals surface area contributed by atoms with E-state index in [1.165, 1.54) is 11.3 Å². The van der Waals surface area contributed by atoms with E-state index in [1.54, 1.807) is 13.3 Å². The highest BCUT2D eigenvalue weighted by Gasteiger charge is 2.14. The number of nitrogens with zero attached hydrogens (tertiary/aromatic N) is 2. The predicted molar refractivity (Wildman–Crippen MR) is 104 cm³/mol. The molecule has 3 heterocycles. The first-order valence-corrected chi connectivity index (χ1v) is 9.10. The van der Waals surface area contributed by atoms with E-state index in [4.69, 9.17) is 16.3 Å². The maximum Gasteiger partial charge on any atom is 0.261 e. The second-order valence-electron chi connectivity index (χ2n) is 5.65. The molecule has 0 aliphatic heterocycles. The zero-order valence-corrected chi connectivity index (χ0v) is 15.4. The van der Waals surface area contributed by atoms with Crippen molar-refractivity contribution in [2.45, 2.75) is 6.54 Å². The SMILES string of the molecule is COc1ccc2cc3cc(C(=O)NCc4ccccn4)sc3nc2c1Cl. The Kier molecular flexibility index (Phi) is 4.44. The lowest BCUT2D eigenvalue weighted by Crippen LogP contribution is -2.22. The van der Waals surface area contributed by atoms with Crippen LogP contribution in [0.2, 0.25) is 5.02 Å². The number of carbonyl (C=O) groups is 1. The van der Waals surface area contributed by atoms with Crippen molar-refractivity contribution < 1.29 is 9.53 Å². The Balaban J connectivity index is 1.65. The zero-order chi connectivity index (χ0) is 18.1. The van der Waals surface area contributed by atoms with Crippen molar-refractivity contribution in [3.05, 3.63) is 64.3 Å². The zero-order valence-electron chi connectivity index (χ0n) is 13.8. The molecule has 0 radical (unpaired) electrons. The molecule has 130 valence electrons. The summed E-state index contributed by atoms with van der Waals surface area (Å²) in [7, 11) is 1.57. The number of methoxy groups -OCH3 is 1. The number of fused-ring (bicyclic) bond motifs is 2. The lowest BCUT2D eigenvalue weighted by Gasteiger charge is -2.05. The Bertz CT molecular complexity index is 1110. The number of carbonyl (C=O) groups excluding carboxylic acids is 1. The fourth-order valence-corrected chi connectivity index (χ4v) is 3.90. The van der Waals surface area contributed by atoms with Gasteiger partial charge in [0.2, 0.25) is 0 Å². The van der Waals surface area contributed by atoms with Gasteiger partial charge < -0.3 is 10.1 Å². The van der Waals surface area contributed by atoms with E-state index in [0.29, 0.717) is 27.7 Å². The number of ether oxygens (including phenoxy) is 1. The number of hydrogen-bond donors (Lipinski definition) is 1. The minimum absolute atomic E-state index is 0.147. The number of rotatable bonds is 4. The summed E-state index contributed by atoms with van der Waals surface area (Å²) in [6.07, 6.45) is 1.70. The number of amides is 1. The molecule has 1 amide bonds. The van der Waals surface area contributed by atoms with Gasteiger partial charge in [0.05, 0.1) is 29.7 Å². The van der Waals surface area contributed by atoms with Gasteiger partial charge >= 0.3 is 0 Å². The first-order valence-electron chi connectivity index (χ1n) is 7.90. The molecule has 0 spiro atoms. The van der Waals surface area contributed by atoms with Crippen LogP contribution in [0.15, 0.2) is 48.7 Å². The van der Waals surface area contributed by atoms with Crippen LogP contribution in [0.25, 0.3) is 21.1 Å². The molecule has 0 atom stereocenters. The Morgan fingerprint density at radius 1 is 1.23 bits per heavy atom. The molecule has 26 heavy (non-hydrogen) atoms. The van der Waals surface area contributed by atoms with Crippen LogP contribution in [0.4, 0.5) is 0 Å². The predicted octanol–water partition coefficient (Wildman–Crippen LogP) is 4.44. The molecule has 0 saturated heterocycles. The fourth-order valence-electron chi connectivity index (χ4n) is 2.68. The second-order valence-corrected chi connectivity index (χ2v) is 7.06. The van der Waals surface area contributed by atoms with E-state index in [1.807, 2.05) is 42.5 Å². The molecule has 4 aromatic rings. The van der Waals surface area contributed by atoms with Crippen LogP contribution < -0.4 is 10.1 Å². The van der Waals surface area contributed by atoms with Gasteiger partial charge in [-0.05, 0) is 36.4 Å². The molecule has 0 aliphatic carbocycles. The van der Waals surface area contributed by atoms with E-state index in [9.17, 15) is 4.79 Å². The number of aromatic nitrogens is 2. The molecule has 1 N–H and O–H groups in total. The normalized spacial score (nSPS) is 11.0. The molecule has 0 fully saturated rings. The number of hydrogen-bond acceptors (Lipinski definition) is 5. The summed E-state index contributed by atoms with van der Waals surface area (Å²) in [5.41, 5.74) is 1.48. The van der Waals surface area contributed by atoms with Crippen LogP contribution in [0.3, 0.4) is 0 Å². The Hall–Kier alpha value is -2.70. The summed E-state index contributed by atoms with van der Waals surface area (Å²) < 4.78 is 5.24. The first kappa shape index (κ1) is 16.8. The summed E-state index contributed by atoms with van der Waals surface area (Å²) in [6, 6.07) is 13.1. The number of nitrogens with one attached hydrogen (secondary N) is 1. The van der Waals surface area contributed by atoms with Crippen molar-refractivity contribution in [1.82, 2.24) is 15.3 Å². The summed E-state index contributed by atoms with van der Waals surface area (Å²) in [4.78, 5) is 22.6. The van der Waals surface area contributed by atoms with E-state index in [-0.39, 0.29) is 5.91 Å². The third kappa shape index (κ3) is 3.09. The number of thiophene rings is 1. The number of benzene rings is 1.